The third-order valence-electron chi connectivity index (χ3n) is 1.74. The Bertz CT molecular complexity index is 311. The maximum absolute atomic E-state index is 4.42. The van der Waals surface area contributed by atoms with Crippen molar-refractivity contribution in [2.75, 3.05) is 6.54 Å². The Morgan fingerprint density at radius 2 is 2.23 bits per heavy atom. The smallest absolute Gasteiger partial charge is 0.107 e. The van der Waals surface area contributed by atoms with E-state index in [1.807, 2.05) is 13.8 Å². The molecule has 0 atom stereocenters. The molecule has 2 nitrogen and oxygen atoms in total. The van der Waals surface area contributed by atoms with Crippen LogP contribution in [0.4, 0.5) is 0 Å². The maximum Gasteiger partial charge on any atom is 0.107 e. The van der Waals surface area contributed by atoms with Crippen molar-refractivity contribution in [1.29, 1.82) is 0 Å². The molecule has 0 spiro atoms. The van der Waals surface area contributed by atoms with E-state index in [0.29, 0.717) is 0 Å². The Balaban J connectivity index is 2.40. The number of hydrogen-bond donors (Lipinski definition) is 1. The van der Waals surface area contributed by atoms with Crippen LogP contribution in [0.2, 0.25) is 0 Å². The van der Waals surface area contributed by atoms with Gasteiger partial charge in [-0.2, -0.15) is 0 Å². The number of rotatable bonds is 3. The molecule has 1 rings (SSSR count). The summed E-state index contributed by atoms with van der Waals surface area (Å²) < 4.78 is 0. The molecule has 0 radical (unpaired) electrons. The summed E-state index contributed by atoms with van der Waals surface area (Å²) in [7, 11) is 0. The predicted octanol–water partition coefficient (Wildman–Crippen LogP) is 1.87. The van der Waals surface area contributed by atoms with Gasteiger partial charge in [-0.15, -0.1) is 17.3 Å². The zero-order chi connectivity index (χ0) is 9.68. The van der Waals surface area contributed by atoms with Crippen LogP contribution >= 0.6 is 11.3 Å². The van der Waals surface area contributed by atoms with E-state index in [2.05, 4.69) is 29.1 Å². The highest BCUT2D eigenvalue weighted by Gasteiger charge is 2.01. The normalized spacial score (nSPS) is 9.46. The molecular weight excluding hydrogens is 180 g/mol. The zero-order valence-corrected chi connectivity index (χ0v) is 9.09. The van der Waals surface area contributed by atoms with Crippen molar-refractivity contribution in [3.05, 3.63) is 15.6 Å². The summed E-state index contributed by atoms with van der Waals surface area (Å²) in [6, 6.07) is 0. The van der Waals surface area contributed by atoms with Crippen molar-refractivity contribution >= 4 is 11.3 Å². The molecule has 0 aromatic carbocycles. The SMILES string of the molecule is CC#CCNCc1nc(C)c(C)s1. The van der Waals surface area contributed by atoms with E-state index in [1.54, 1.807) is 11.3 Å². The first-order valence-corrected chi connectivity index (χ1v) is 5.09. The molecule has 0 fully saturated rings. The maximum atomic E-state index is 4.42. The van der Waals surface area contributed by atoms with Gasteiger partial charge in [-0.05, 0) is 20.8 Å². The van der Waals surface area contributed by atoms with E-state index in [9.17, 15) is 0 Å². The van der Waals surface area contributed by atoms with Crippen LogP contribution in [-0.2, 0) is 6.54 Å². The average Bonchev–Trinajstić information content (AvgIpc) is 2.41. The summed E-state index contributed by atoms with van der Waals surface area (Å²) in [6.07, 6.45) is 0. The molecule has 3 heteroatoms. The molecule has 0 amide bonds. The van der Waals surface area contributed by atoms with Crippen LogP contribution in [0.25, 0.3) is 0 Å². The van der Waals surface area contributed by atoms with E-state index >= 15 is 0 Å². The zero-order valence-electron chi connectivity index (χ0n) is 8.27. The fourth-order valence-electron chi connectivity index (χ4n) is 0.935. The number of hydrogen-bond acceptors (Lipinski definition) is 3. The molecule has 0 saturated carbocycles. The van der Waals surface area contributed by atoms with Crippen molar-refractivity contribution in [3.8, 4) is 11.8 Å². The summed E-state index contributed by atoms with van der Waals surface area (Å²) in [6.45, 7) is 7.56. The van der Waals surface area contributed by atoms with Crippen molar-refractivity contribution < 1.29 is 0 Å². The molecular formula is C10H14N2S. The molecule has 0 saturated heterocycles. The second-order valence-corrected chi connectivity index (χ2v) is 4.07. The highest BCUT2D eigenvalue weighted by atomic mass is 32.1. The molecule has 0 unspecified atom stereocenters. The third kappa shape index (κ3) is 3.17. The number of aryl methyl sites for hydroxylation is 2. The number of nitrogens with zero attached hydrogens (tertiary/aromatic N) is 1. The molecule has 13 heavy (non-hydrogen) atoms. The fourth-order valence-corrected chi connectivity index (χ4v) is 1.84. The van der Waals surface area contributed by atoms with Gasteiger partial charge in [-0.3, -0.25) is 5.32 Å². The van der Waals surface area contributed by atoms with Gasteiger partial charge in [0.05, 0.1) is 12.2 Å². The monoisotopic (exact) mass is 194 g/mol. The van der Waals surface area contributed by atoms with Crippen molar-refractivity contribution in [2.24, 2.45) is 0 Å². The quantitative estimate of drug-likeness (QED) is 0.587. The fraction of sp³-hybridized carbons (Fsp3) is 0.500. The minimum Gasteiger partial charge on any atom is -0.300 e. The minimum atomic E-state index is 0.744. The van der Waals surface area contributed by atoms with Crippen molar-refractivity contribution in [2.45, 2.75) is 27.3 Å². The standard InChI is InChI=1S/C10H14N2S/c1-4-5-6-11-7-10-12-8(2)9(3)13-10/h11H,6-7H2,1-3H3. The molecule has 0 bridgehead atoms. The van der Waals surface area contributed by atoms with Crippen molar-refractivity contribution in [1.82, 2.24) is 10.3 Å². The number of aromatic nitrogens is 1. The van der Waals surface area contributed by atoms with Crippen LogP contribution < -0.4 is 5.32 Å². The van der Waals surface area contributed by atoms with Gasteiger partial charge in [0.2, 0.25) is 0 Å². The van der Waals surface area contributed by atoms with E-state index < -0.39 is 0 Å². The van der Waals surface area contributed by atoms with Gasteiger partial charge in [0.1, 0.15) is 5.01 Å². The molecule has 0 aliphatic carbocycles. The summed E-state index contributed by atoms with van der Waals surface area (Å²) in [5, 5.41) is 4.36. The van der Waals surface area contributed by atoms with E-state index in [0.717, 1.165) is 23.8 Å². The molecule has 1 aromatic rings. The second kappa shape index (κ2) is 5.00. The van der Waals surface area contributed by atoms with Gasteiger partial charge in [-0.1, -0.05) is 5.92 Å². The van der Waals surface area contributed by atoms with Crippen LogP contribution in [0, 0.1) is 25.7 Å². The lowest BCUT2D eigenvalue weighted by Crippen LogP contribution is -2.12. The largest absolute Gasteiger partial charge is 0.300 e. The molecule has 1 aromatic heterocycles. The van der Waals surface area contributed by atoms with Crippen molar-refractivity contribution in [3.63, 3.8) is 0 Å². The Labute approximate surface area is 83.4 Å². The first kappa shape index (κ1) is 10.2. The summed E-state index contributed by atoms with van der Waals surface area (Å²) in [5.41, 5.74) is 1.14. The molecule has 70 valence electrons. The number of thiazole rings is 1. The Morgan fingerprint density at radius 1 is 1.46 bits per heavy atom. The Morgan fingerprint density at radius 3 is 2.77 bits per heavy atom. The lowest BCUT2D eigenvalue weighted by atomic mass is 10.4. The molecule has 0 aliphatic rings. The first-order valence-electron chi connectivity index (χ1n) is 4.27. The van der Waals surface area contributed by atoms with Gasteiger partial charge < -0.3 is 0 Å². The minimum absolute atomic E-state index is 0.744. The topological polar surface area (TPSA) is 24.9 Å². The predicted molar refractivity (Wildman–Crippen MR) is 56.7 cm³/mol. The lowest BCUT2D eigenvalue weighted by Gasteiger charge is -1.94. The van der Waals surface area contributed by atoms with E-state index in [1.165, 1.54) is 4.88 Å². The van der Waals surface area contributed by atoms with Gasteiger partial charge >= 0.3 is 0 Å². The van der Waals surface area contributed by atoms with Gasteiger partial charge in [0.25, 0.3) is 0 Å². The summed E-state index contributed by atoms with van der Waals surface area (Å²) in [5.74, 6) is 5.80. The summed E-state index contributed by atoms with van der Waals surface area (Å²) in [4.78, 5) is 5.72. The molecule has 0 aliphatic heterocycles. The highest BCUT2D eigenvalue weighted by Crippen LogP contribution is 2.15. The van der Waals surface area contributed by atoms with Crippen LogP contribution in [0.3, 0.4) is 0 Å². The Hall–Kier alpha value is -0.850. The lowest BCUT2D eigenvalue weighted by molar-refractivity contribution is 0.762. The highest BCUT2D eigenvalue weighted by molar-refractivity contribution is 7.11. The Kier molecular flexibility index (Phi) is 3.94. The first-order chi connectivity index (χ1) is 6.24. The van der Waals surface area contributed by atoms with Gasteiger partial charge in [-0.25, -0.2) is 4.98 Å². The average molecular weight is 194 g/mol. The van der Waals surface area contributed by atoms with E-state index in [4.69, 9.17) is 0 Å². The van der Waals surface area contributed by atoms with E-state index in [-0.39, 0.29) is 0 Å². The van der Waals surface area contributed by atoms with Crippen LogP contribution in [0.1, 0.15) is 22.5 Å². The molecule has 1 heterocycles. The third-order valence-corrected chi connectivity index (χ3v) is 2.81. The molecule has 1 N–H and O–H groups in total. The van der Waals surface area contributed by atoms with Crippen LogP contribution in [0.15, 0.2) is 0 Å². The second-order valence-electron chi connectivity index (χ2n) is 2.78. The van der Waals surface area contributed by atoms with Gasteiger partial charge in [0, 0.05) is 11.4 Å². The van der Waals surface area contributed by atoms with Crippen LogP contribution in [0.5, 0.6) is 0 Å². The van der Waals surface area contributed by atoms with Gasteiger partial charge in [0.15, 0.2) is 0 Å². The van der Waals surface area contributed by atoms with Crippen LogP contribution in [-0.4, -0.2) is 11.5 Å². The number of nitrogens with one attached hydrogen (secondary N) is 1. The summed E-state index contributed by atoms with van der Waals surface area (Å²) >= 11 is 1.75.